The third kappa shape index (κ3) is 1.57. The predicted molar refractivity (Wildman–Crippen MR) is 53.3 cm³/mol. The van der Waals surface area contributed by atoms with E-state index in [0.29, 0.717) is 5.02 Å². The Balaban J connectivity index is 2.35. The lowest BCUT2D eigenvalue weighted by Gasteiger charge is -2.28. The fourth-order valence-electron chi connectivity index (χ4n) is 1.55. The summed E-state index contributed by atoms with van der Waals surface area (Å²) in [6.45, 7) is 0.982. The Morgan fingerprint density at radius 1 is 1.57 bits per heavy atom. The molecule has 1 heterocycles. The topological polar surface area (TPSA) is 21.3 Å². The van der Waals surface area contributed by atoms with Crippen LogP contribution in [0.4, 0.5) is 4.39 Å². The van der Waals surface area contributed by atoms with E-state index in [0.717, 1.165) is 18.5 Å². The van der Waals surface area contributed by atoms with E-state index >= 15 is 0 Å². The molecule has 0 unspecified atom stereocenters. The van der Waals surface area contributed by atoms with E-state index in [1.165, 1.54) is 13.2 Å². The Kier molecular flexibility index (Phi) is 2.61. The molecule has 1 aliphatic rings. The van der Waals surface area contributed by atoms with Crippen molar-refractivity contribution in [3.63, 3.8) is 0 Å². The summed E-state index contributed by atoms with van der Waals surface area (Å²) < 4.78 is 18.2. The van der Waals surface area contributed by atoms with Crippen LogP contribution in [-0.4, -0.2) is 13.7 Å². The van der Waals surface area contributed by atoms with Crippen LogP contribution in [-0.2, 0) is 0 Å². The highest BCUT2D eigenvalue weighted by atomic mass is 35.5. The van der Waals surface area contributed by atoms with Crippen LogP contribution in [0.1, 0.15) is 18.0 Å². The molecule has 1 aromatic carbocycles. The molecule has 1 aliphatic heterocycles. The molecule has 0 spiro atoms. The number of hydrogen-bond donors (Lipinski definition) is 1. The zero-order valence-electron chi connectivity index (χ0n) is 7.81. The number of hydrogen-bond acceptors (Lipinski definition) is 2. The van der Waals surface area contributed by atoms with Gasteiger partial charge in [-0.3, -0.25) is 0 Å². The van der Waals surface area contributed by atoms with Crippen LogP contribution in [0.3, 0.4) is 0 Å². The lowest BCUT2D eigenvalue weighted by Crippen LogP contribution is -2.34. The average Bonchev–Trinajstić information content (AvgIpc) is 2.00. The number of rotatable bonds is 2. The van der Waals surface area contributed by atoms with Gasteiger partial charge in [-0.2, -0.15) is 0 Å². The first-order valence-electron chi connectivity index (χ1n) is 4.48. The lowest BCUT2D eigenvalue weighted by atomic mass is 9.98. The van der Waals surface area contributed by atoms with Crippen molar-refractivity contribution in [2.24, 2.45) is 0 Å². The van der Waals surface area contributed by atoms with E-state index in [2.05, 4.69) is 5.32 Å². The molecular formula is C10H11ClFNO. The first kappa shape index (κ1) is 9.74. The van der Waals surface area contributed by atoms with Gasteiger partial charge in [0.25, 0.3) is 0 Å². The smallest absolute Gasteiger partial charge is 0.173 e. The fourth-order valence-corrected chi connectivity index (χ4v) is 1.84. The third-order valence-corrected chi connectivity index (χ3v) is 2.73. The summed E-state index contributed by atoms with van der Waals surface area (Å²) in [6.07, 6.45) is 1.03. The Hall–Kier alpha value is -0.800. The van der Waals surface area contributed by atoms with Gasteiger partial charge in [0.1, 0.15) is 0 Å². The van der Waals surface area contributed by atoms with E-state index in [4.69, 9.17) is 16.3 Å². The Morgan fingerprint density at radius 2 is 2.29 bits per heavy atom. The number of methoxy groups -OCH3 is 1. The summed E-state index contributed by atoms with van der Waals surface area (Å²) in [7, 11) is 1.41. The molecule has 0 aliphatic carbocycles. The van der Waals surface area contributed by atoms with Crippen molar-refractivity contribution in [3.8, 4) is 5.75 Å². The minimum Gasteiger partial charge on any atom is -0.492 e. The number of ether oxygens (including phenoxy) is 1. The van der Waals surface area contributed by atoms with Crippen molar-refractivity contribution >= 4 is 11.6 Å². The van der Waals surface area contributed by atoms with Gasteiger partial charge in [-0.1, -0.05) is 11.6 Å². The van der Waals surface area contributed by atoms with E-state index < -0.39 is 5.82 Å². The second-order valence-corrected chi connectivity index (χ2v) is 3.72. The van der Waals surface area contributed by atoms with Crippen LogP contribution in [0.5, 0.6) is 5.75 Å². The molecule has 1 aromatic rings. The lowest BCUT2D eigenvalue weighted by molar-refractivity contribution is 0.371. The summed E-state index contributed by atoms with van der Waals surface area (Å²) in [5.74, 6) is -0.279. The zero-order chi connectivity index (χ0) is 10.1. The van der Waals surface area contributed by atoms with Crippen molar-refractivity contribution in [2.75, 3.05) is 13.7 Å². The molecule has 0 radical (unpaired) electrons. The van der Waals surface area contributed by atoms with E-state index in [1.54, 1.807) is 6.07 Å². The van der Waals surface area contributed by atoms with Crippen LogP contribution >= 0.6 is 11.6 Å². The Labute approximate surface area is 87.0 Å². The molecule has 2 nitrogen and oxygen atoms in total. The molecule has 0 aromatic heterocycles. The van der Waals surface area contributed by atoms with Crippen LogP contribution in [0.25, 0.3) is 0 Å². The number of benzene rings is 1. The molecule has 4 heteroatoms. The highest BCUT2D eigenvalue weighted by Crippen LogP contribution is 2.33. The maximum Gasteiger partial charge on any atom is 0.173 e. The van der Waals surface area contributed by atoms with Gasteiger partial charge in [0.15, 0.2) is 11.6 Å². The maximum absolute atomic E-state index is 13.4. The number of halogens is 2. The summed E-state index contributed by atoms with van der Waals surface area (Å²) in [5.41, 5.74) is 0.888. The van der Waals surface area contributed by atoms with E-state index in [-0.39, 0.29) is 11.8 Å². The second-order valence-electron chi connectivity index (χ2n) is 3.31. The fraction of sp³-hybridized carbons (Fsp3) is 0.400. The van der Waals surface area contributed by atoms with Crippen molar-refractivity contribution < 1.29 is 9.13 Å². The van der Waals surface area contributed by atoms with Crippen LogP contribution in [0.15, 0.2) is 12.1 Å². The minimum absolute atomic E-state index is 0.120. The summed E-state index contributed by atoms with van der Waals surface area (Å²) in [6, 6.07) is 3.47. The largest absolute Gasteiger partial charge is 0.492 e. The standard InChI is InChI=1S/C10H11ClFNO/c1-14-10-7(11)4-6(5-8(10)12)9-2-3-13-9/h4-5,9,13H,2-3H2,1H3/t9-/m0/s1. The molecule has 76 valence electrons. The molecule has 1 atom stereocenters. The van der Waals surface area contributed by atoms with Crippen LogP contribution in [0.2, 0.25) is 5.02 Å². The van der Waals surface area contributed by atoms with E-state index in [9.17, 15) is 4.39 Å². The van der Waals surface area contributed by atoms with Crippen LogP contribution in [0, 0.1) is 5.82 Å². The zero-order valence-corrected chi connectivity index (χ0v) is 8.57. The van der Waals surface area contributed by atoms with Gasteiger partial charge < -0.3 is 10.1 Å². The van der Waals surface area contributed by atoms with Gasteiger partial charge in [-0.15, -0.1) is 0 Å². The summed E-state index contributed by atoms with van der Waals surface area (Å²) >= 11 is 5.87. The van der Waals surface area contributed by atoms with Gasteiger partial charge in [0, 0.05) is 6.04 Å². The minimum atomic E-state index is -0.399. The molecule has 0 bridgehead atoms. The SMILES string of the molecule is COc1c(F)cc([C@@H]2CCN2)cc1Cl. The molecule has 0 saturated carbocycles. The van der Waals surface area contributed by atoms with Crippen molar-refractivity contribution in [3.05, 3.63) is 28.5 Å². The number of nitrogens with one attached hydrogen (secondary N) is 1. The highest BCUT2D eigenvalue weighted by Gasteiger charge is 2.21. The predicted octanol–water partition coefficient (Wildman–Crippen LogP) is 2.52. The molecule has 0 amide bonds. The molecule has 1 fully saturated rings. The highest BCUT2D eigenvalue weighted by molar-refractivity contribution is 6.32. The second kappa shape index (κ2) is 3.75. The molecule has 14 heavy (non-hydrogen) atoms. The van der Waals surface area contributed by atoms with Gasteiger partial charge in [0.2, 0.25) is 0 Å². The quantitative estimate of drug-likeness (QED) is 0.819. The van der Waals surface area contributed by atoms with Crippen molar-refractivity contribution in [2.45, 2.75) is 12.5 Å². The van der Waals surface area contributed by atoms with Crippen molar-refractivity contribution in [1.82, 2.24) is 5.32 Å². The van der Waals surface area contributed by atoms with E-state index in [1.807, 2.05) is 0 Å². The van der Waals surface area contributed by atoms with Gasteiger partial charge in [-0.05, 0) is 30.7 Å². The molecule has 1 N–H and O–H groups in total. The molecule has 2 rings (SSSR count). The Morgan fingerprint density at radius 3 is 2.71 bits per heavy atom. The summed E-state index contributed by atoms with van der Waals surface area (Å²) in [4.78, 5) is 0. The van der Waals surface area contributed by atoms with Gasteiger partial charge >= 0.3 is 0 Å². The molecule has 1 saturated heterocycles. The monoisotopic (exact) mass is 215 g/mol. The first-order valence-corrected chi connectivity index (χ1v) is 4.86. The van der Waals surface area contributed by atoms with Crippen molar-refractivity contribution in [1.29, 1.82) is 0 Å². The molecular weight excluding hydrogens is 205 g/mol. The van der Waals surface area contributed by atoms with Crippen LogP contribution < -0.4 is 10.1 Å². The average molecular weight is 216 g/mol. The normalized spacial score (nSPS) is 20.4. The summed E-state index contributed by atoms with van der Waals surface area (Å²) in [5, 5.41) is 3.52. The van der Waals surface area contributed by atoms with Gasteiger partial charge in [-0.25, -0.2) is 4.39 Å². The third-order valence-electron chi connectivity index (χ3n) is 2.45. The Bertz CT molecular complexity index is 329. The first-order chi connectivity index (χ1) is 6.72. The van der Waals surface area contributed by atoms with Gasteiger partial charge in [0.05, 0.1) is 12.1 Å². The maximum atomic E-state index is 13.4.